The average molecular weight is 275 g/mol. The van der Waals surface area contributed by atoms with Gasteiger partial charge in [0.1, 0.15) is 0 Å². The van der Waals surface area contributed by atoms with Crippen molar-refractivity contribution >= 4 is 0 Å². The van der Waals surface area contributed by atoms with E-state index in [4.69, 9.17) is 5.10 Å². The number of aromatic nitrogens is 2. The molecule has 0 spiro atoms. The van der Waals surface area contributed by atoms with E-state index in [1.165, 1.54) is 22.5 Å². The van der Waals surface area contributed by atoms with Gasteiger partial charge in [-0.15, -0.1) is 0 Å². The SMILES string of the molecule is c1ccc(-c2c3c(nn2-c2ccccc2)CCNC3)cc1. The van der Waals surface area contributed by atoms with E-state index in [0.717, 1.165) is 25.2 Å². The molecule has 0 fully saturated rings. The van der Waals surface area contributed by atoms with Gasteiger partial charge in [0.25, 0.3) is 0 Å². The number of rotatable bonds is 2. The minimum absolute atomic E-state index is 0.895. The van der Waals surface area contributed by atoms with Gasteiger partial charge in [-0.3, -0.25) is 0 Å². The van der Waals surface area contributed by atoms with Gasteiger partial charge in [0.05, 0.1) is 17.1 Å². The van der Waals surface area contributed by atoms with Crippen LogP contribution in [0.2, 0.25) is 0 Å². The van der Waals surface area contributed by atoms with E-state index in [-0.39, 0.29) is 0 Å². The zero-order chi connectivity index (χ0) is 14.1. The maximum absolute atomic E-state index is 4.87. The highest BCUT2D eigenvalue weighted by atomic mass is 15.3. The van der Waals surface area contributed by atoms with Crippen LogP contribution in [0.15, 0.2) is 60.7 Å². The van der Waals surface area contributed by atoms with Gasteiger partial charge in [-0.05, 0) is 12.1 Å². The van der Waals surface area contributed by atoms with E-state index in [0.29, 0.717) is 0 Å². The fourth-order valence-corrected chi connectivity index (χ4v) is 2.95. The van der Waals surface area contributed by atoms with E-state index < -0.39 is 0 Å². The Morgan fingerprint density at radius 1 is 0.905 bits per heavy atom. The van der Waals surface area contributed by atoms with E-state index in [1.807, 2.05) is 6.07 Å². The van der Waals surface area contributed by atoms with Gasteiger partial charge in [0.15, 0.2) is 0 Å². The topological polar surface area (TPSA) is 29.9 Å². The van der Waals surface area contributed by atoms with Crippen molar-refractivity contribution in [3.05, 3.63) is 71.9 Å². The van der Waals surface area contributed by atoms with Crippen molar-refractivity contribution in [1.82, 2.24) is 15.1 Å². The summed E-state index contributed by atoms with van der Waals surface area (Å²) in [5.74, 6) is 0. The number of hydrogen-bond donors (Lipinski definition) is 1. The molecule has 3 nitrogen and oxygen atoms in total. The molecule has 0 saturated carbocycles. The number of nitrogens with zero attached hydrogens (tertiary/aromatic N) is 2. The lowest BCUT2D eigenvalue weighted by atomic mass is 10.0. The first-order valence-electron chi connectivity index (χ1n) is 7.36. The Morgan fingerprint density at radius 3 is 2.38 bits per heavy atom. The Kier molecular flexibility index (Phi) is 3.05. The fourth-order valence-electron chi connectivity index (χ4n) is 2.95. The molecule has 0 saturated heterocycles. The van der Waals surface area contributed by atoms with Crippen LogP contribution in [-0.2, 0) is 13.0 Å². The summed E-state index contributed by atoms with van der Waals surface area (Å²) in [6.07, 6.45) is 0.995. The molecule has 0 radical (unpaired) electrons. The van der Waals surface area contributed by atoms with Gasteiger partial charge >= 0.3 is 0 Å². The predicted octanol–water partition coefficient (Wildman–Crippen LogP) is 3.19. The quantitative estimate of drug-likeness (QED) is 0.778. The predicted molar refractivity (Wildman–Crippen MR) is 84.4 cm³/mol. The van der Waals surface area contributed by atoms with Crippen LogP contribution in [0.3, 0.4) is 0 Å². The third-order valence-electron chi connectivity index (χ3n) is 3.96. The zero-order valence-corrected chi connectivity index (χ0v) is 11.8. The second-order valence-electron chi connectivity index (χ2n) is 5.31. The summed E-state index contributed by atoms with van der Waals surface area (Å²) in [7, 11) is 0. The molecule has 1 N–H and O–H groups in total. The van der Waals surface area contributed by atoms with Crippen LogP contribution in [0.1, 0.15) is 11.3 Å². The van der Waals surface area contributed by atoms with Crippen molar-refractivity contribution in [2.24, 2.45) is 0 Å². The third-order valence-corrected chi connectivity index (χ3v) is 3.96. The lowest BCUT2D eigenvalue weighted by Gasteiger charge is -2.13. The molecule has 21 heavy (non-hydrogen) atoms. The van der Waals surface area contributed by atoms with Crippen molar-refractivity contribution in [3.63, 3.8) is 0 Å². The standard InChI is InChI=1S/C18H17N3/c1-3-7-14(8-4-1)18-16-13-19-12-11-17(16)20-21(18)15-9-5-2-6-10-15/h1-10,19H,11-13H2. The summed E-state index contributed by atoms with van der Waals surface area (Å²) in [4.78, 5) is 0. The molecule has 2 heterocycles. The van der Waals surface area contributed by atoms with Gasteiger partial charge in [0.2, 0.25) is 0 Å². The Labute approximate surface area is 124 Å². The monoisotopic (exact) mass is 275 g/mol. The first-order valence-corrected chi connectivity index (χ1v) is 7.36. The van der Waals surface area contributed by atoms with Gasteiger partial charge in [-0.2, -0.15) is 5.10 Å². The van der Waals surface area contributed by atoms with Crippen LogP contribution < -0.4 is 5.32 Å². The smallest absolute Gasteiger partial charge is 0.0788 e. The highest BCUT2D eigenvalue weighted by Gasteiger charge is 2.21. The minimum atomic E-state index is 0.895. The van der Waals surface area contributed by atoms with E-state index in [1.54, 1.807) is 0 Å². The van der Waals surface area contributed by atoms with Gasteiger partial charge in [-0.1, -0.05) is 48.5 Å². The summed E-state index contributed by atoms with van der Waals surface area (Å²) in [5, 5.41) is 8.34. The van der Waals surface area contributed by atoms with E-state index >= 15 is 0 Å². The van der Waals surface area contributed by atoms with E-state index in [9.17, 15) is 0 Å². The van der Waals surface area contributed by atoms with Crippen LogP contribution in [0, 0.1) is 0 Å². The molecule has 1 aliphatic rings. The lowest BCUT2D eigenvalue weighted by Crippen LogP contribution is -2.23. The van der Waals surface area contributed by atoms with Crippen LogP contribution in [0.25, 0.3) is 16.9 Å². The van der Waals surface area contributed by atoms with Crippen molar-refractivity contribution in [3.8, 4) is 16.9 Å². The number of nitrogens with one attached hydrogen (secondary N) is 1. The first kappa shape index (κ1) is 12.4. The summed E-state index contributed by atoms with van der Waals surface area (Å²) < 4.78 is 2.09. The second-order valence-corrected chi connectivity index (χ2v) is 5.31. The van der Waals surface area contributed by atoms with Crippen molar-refractivity contribution in [1.29, 1.82) is 0 Å². The van der Waals surface area contributed by atoms with Gasteiger partial charge in [0, 0.05) is 30.6 Å². The van der Waals surface area contributed by atoms with Crippen molar-refractivity contribution in [2.45, 2.75) is 13.0 Å². The Morgan fingerprint density at radius 2 is 1.62 bits per heavy atom. The Bertz CT molecular complexity index is 745. The molecular weight excluding hydrogens is 258 g/mol. The minimum Gasteiger partial charge on any atom is -0.312 e. The molecule has 0 amide bonds. The Hall–Kier alpha value is -2.39. The second kappa shape index (κ2) is 5.19. The molecule has 104 valence electrons. The average Bonchev–Trinajstić information content (AvgIpc) is 2.96. The highest BCUT2D eigenvalue weighted by Crippen LogP contribution is 2.30. The largest absolute Gasteiger partial charge is 0.312 e. The normalized spacial score (nSPS) is 13.9. The van der Waals surface area contributed by atoms with Gasteiger partial charge in [-0.25, -0.2) is 4.68 Å². The maximum atomic E-state index is 4.87. The molecule has 2 aromatic carbocycles. The van der Waals surface area contributed by atoms with Crippen LogP contribution in [0.4, 0.5) is 0 Å². The molecule has 0 unspecified atom stereocenters. The molecule has 0 aliphatic carbocycles. The van der Waals surface area contributed by atoms with Crippen molar-refractivity contribution < 1.29 is 0 Å². The third kappa shape index (κ3) is 2.16. The molecule has 1 aliphatic heterocycles. The van der Waals surface area contributed by atoms with Crippen LogP contribution in [-0.4, -0.2) is 16.3 Å². The first-order chi connectivity index (χ1) is 10.4. The summed E-state index contributed by atoms with van der Waals surface area (Å²) in [6.45, 7) is 1.90. The maximum Gasteiger partial charge on any atom is 0.0788 e. The molecule has 3 aromatic rings. The number of hydrogen-bond acceptors (Lipinski definition) is 2. The molecule has 1 aromatic heterocycles. The van der Waals surface area contributed by atoms with Crippen molar-refractivity contribution in [2.75, 3.05) is 6.54 Å². The number of para-hydroxylation sites is 1. The summed E-state index contributed by atoms with van der Waals surface area (Å²) in [5.41, 5.74) is 6.10. The number of benzene rings is 2. The summed E-state index contributed by atoms with van der Waals surface area (Å²) in [6, 6.07) is 20.9. The highest BCUT2D eigenvalue weighted by molar-refractivity contribution is 5.67. The number of fused-ring (bicyclic) bond motifs is 1. The molecular formula is C18H17N3. The zero-order valence-electron chi connectivity index (χ0n) is 11.8. The molecule has 4 rings (SSSR count). The van der Waals surface area contributed by atoms with Gasteiger partial charge < -0.3 is 5.32 Å². The van der Waals surface area contributed by atoms with Crippen LogP contribution >= 0.6 is 0 Å². The van der Waals surface area contributed by atoms with E-state index in [2.05, 4.69) is 64.6 Å². The summed E-state index contributed by atoms with van der Waals surface area (Å²) >= 11 is 0. The van der Waals surface area contributed by atoms with Crippen LogP contribution in [0.5, 0.6) is 0 Å². The molecule has 0 atom stereocenters. The molecule has 3 heteroatoms. The Balaban J connectivity index is 1.96. The lowest BCUT2D eigenvalue weighted by molar-refractivity contribution is 0.635. The fraction of sp³-hybridized carbons (Fsp3) is 0.167. The molecule has 0 bridgehead atoms.